The summed E-state index contributed by atoms with van der Waals surface area (Å²) in [6.45, 7) is 0. The highest BCUT2D eigenvalue weighted by Gasteiger charge is 2.31. The van der Waals surface area contributed by atoms with Crippen LogP contribution in [-0.2, 0) is 6.42 Å². The molecule has 2 unspecified atom stereocenters. The van der Waals surface area contributed by atoms with Gasteiger partial charge in [-0.25, -0.2) is 0 Å². The summed E-state index contributed by atoms with van der Waals surface area (Å²) in [5.41, 5.74) is 9.62. The Kier molecular flexibility index (Phi) is 3.29. The molecular formula is C15H15BrN2O. The van der Waals surface area contributed by atoms with Crippen LogP contribution in [0, 0.1) is 0 Å². The molecule has 1 heterocycles. The summed E-state index contributed by atoms with van der Waals surface area (Å²) in [5, 5.41) is 10.6. The predicted molar refractivity (Wildman–Crippen MR) is 78.8 cm³/mol. The molecular weight excluding hydrogens is 304 g/mol. The van der Waals surface area contributed by atoms with Crippen LogP contribution in [0.25, 0.3) is 0 Å². The van der Waals surface area contributed by atoms with Crippen LogP contribution in [0.5, 0.6) is 0 Å². The Morgan fingerprint density at radius 3 is 3.05 bits per heavy atom. The van der Waals surface area contributed by atoms with Crippen molar-refractivity contribution in [2.75, 3.05) is 5.73 Å². The Morgan fingerprint density at radius 2 is 2.21 bits per heavy atom. The van der Waals surface area contributed by atoms with Gasteiger partial charge >= 0.3 is 0 Å². The first-order valence-electron chi connectivity index (χ1n) is 6.33. The molecule has 0 bridgehead atoms. The maximum atomic E-state index is 10.6. The van der Waals surface area contributed by atoms with Gasteiger partial charge in [-0.1, -0.05) is 22.0 Å². The Labute approximate surface area is 120 Å². The monoisotopic (exact) mass is 318 g/mol. The maximum Gasteiger partial charge on any atom is 0.0894 e. The fourth-order valence-electron chi connectivity index (χ4n) is 2.77. The summed E-state index contributed by atoms with van der Waals surface area (Å²) in [5.74, 6) is 0.0350. The minimum absolute atomic E-state index is 0.0350. The van der Waals surface area contributed by atoms with Crippen molar-refractivity contribution in [1.29, 1.82) is 0 Å². The van der Waals surface area contributed by atoms with Gasteiger partial charge in [0.2, 0.25) is 0 Å². The van der Waals surface area contributed by atoms with Crippen LogP contribution in [0.1, 0.15) is 35.3 Å². The number of aliphatic hydroxyl groups excluding tert-OH is 1. The molecule has 0 saturated carbocycles. The van der Waals surface area contributed by atoms with Gasteiger partial charge < -0.3 is 10.8 Å². The molecule has 0 amide bonds. The number of benzene rings is 1. The number of pyridine rings is 1. The lowest BCUT2D eigenvalue weighted by Crippen LogP contribution is -2.11. The first-order valence-corrected chi connectivity index (χ1v) is 7.13. The van der Waals surface area contributed by atoms with Crippen molar-refractivity contribution >= 4 is 21.6 Å². The molecule has 3 N–H and O–H groups in total. The number of hydrogen-bond donors (Lipinski definition) is 2. The number of halogens is 1. The van der Waals surface area contributed by atoms with E-state index >= 15 is 0 Å². The third-order valence-electron chi connectivity index (χ3n) is 3.75. The number of rotatable bonds is 2. The average molecular weight is 319 g/mol. The quantitative estimate of drug-likeness (QED) is 0.836. The number of nitrogens with two attached hydrogens (primary N) is 1. The van der Waals surface area contributed by atoms with Gasteiger partial charge in [0.05, 0.1) is 6.10 Å². The van der Waals surface area contributed by atoms with E-state index in [0.717, 1.165) is 28.6 Å². The van der Waals surface area contributed by atoms with Gasteiger partial charge in [-0.05, 0) is 42.7 Å². The topological polar surface area (TPSA) is 59.1 Å². The zero-order valence-corrected chi connectivity index (χ0v) is 12.0. The molecule has 19 heavy (non-hydrogen) atoms. The second kappa shape index (κ2) is 4.94. The van der Waals surface area contributed by atoms with Crippen molar-refractivity contribution in [3.63, 3.8) is 0 Å². The van der Waals surface area contributed by atoms with Crippen molar-refractivity contribution in [3.8, 4) is 0 Å². The Balaban J connectivity index is 1.97. The van der Waals surface area contributed by atoms with E-state index in [2.05, 4.69) is 27.0 Å². The van der Waals surface area contributed by atoms with E-state index < -0.39 is 6.10 Å². The Morgan fingerprint density at radius 1 is 1.37 bits per heavy atom. The number of nitrogen functional groups attached to an aromatic ring is 1. The van der Waals surface area contributed by atoms with Gasteiger partial charge in [0.1, 0.15) is 0 Å². The smallest absolute Gasteiger partial charge is 0.0894 e. The molecule has 3 rings (SSSR count). The highest BCUT2D eigenvalue weighted by molar-refractivity contribution is 9.10. The highest BCUT2D eigenvalue weighted by Crippen LogP contribution is 2.42. The fraction of sp³-hybridized carbons (Fsp3) is 0.267. The van der Waals surface area contributed by atoms with Crippen molar-refractivity contribution in [1.82, 2.24) is 4.98 Å². The van der Waals surface area contributed by atoms with E-state index in [0.29, 0.717) is 5.69 Å². The molecule has 3 nitrogen and oxygen atoms in total. The van der Waals surface area contributed by atoms with E-state index in [4.69, 9.17) is 5.73 Å². The summed E-state index contributed by atoms with van der Waals surface area (Å²) < 4.78 is 0.926. The standard InChI is InChI=1S/C15H15BrN2O/c16-10-4-6-13(17)12(8-10)15(19)11-5-3-9-2-1-7-18-14(9)11/h1-2,4,6-8,11,15,19H,3,5,17H2. The van der Waals surface area contributed by atoms with Crippen LogP contribution in [0.15, 0.2) is 41.0 Å². The second-order valence-corrected chi connectivity index (χ2v) is 5.83. The van der Waals surface area contributed by atoms with Gasteiger partial charge in [0, 0.05) is 33.5 Å². The third-order valence-corrected chi connectivity index (χ3v) is 4.24. The molecule has 1 aliphatic rings. The number of nitrogens with zero attached hydrogens (tertiary/aromatic N) is 1. The van der Waals surface area contributed by atoms with Crippen molar-refractivity contribution < 1.29 is 5.11 Å². The molecule has 1 aromatic heterocycles. The van der Waals surface area contributed by atoms with E-state index in [1.54, 1.807) is 6.20 Å². The number of hydrogen-bond acceptors (Lipinski definition) is 3. The lowest BCUT2D eigenvalue weighted by molar-refractivity contribution is 0.144. The van der Waals surface area contributed by atoms with Gasteiger partial charge in [-0.3, -0.25) is 4.98 Å². The first kappa shape index (κ1) is 12.6. The predicted octanol–water partition coefficient (Wildman–Crippen LogP) is 3.19. The number of aromatic nitrogens is 1. The Hall–Kier alpha value is -1.39. The number of anilines is 1. The summed E-state index contributed by atoms with van der Waals surface area (Å²) in [6, 6.07) is 9.62. The third kappa shape index (κ3) is 2.26. The van der Waals surface area contributed by atoms with Crippen LogP contribution >= 0.6 is 15.9 Å². The minimum Gasteiger partial charge on any atom is -0.398 e. The van der Waals surface area contributed by atoms with E-state index in [9.17, 15) is 5.11 Å². The molecule has 2 aromatic rings. The number of aryl methyl sites for hydroxylation is 1. The molecule has 0 fully saturated rings. The van der Waals surface area contributed by atoms with Crippen molar-refractivity contribution in [3.05, 3.63) is 57.8 Å². The van der Waals surface area contributed by atoms with E-state index in [1.165, 1.54) is 5.56 Å². The van der Waals surface area contributed by atoms with E-state index in [-0.39, 0.29) is 5.92 Å². The molecule has 4 heteroatoms. The van der Waals surface area contributed by atoms with Crippen LogP contribution in [-0.4, -0.2) is 10.1 Å². The molecule has 1 aliphatic carbocycles. The van der Waals surface area contributed by atoms with Crippen molar-refractivity contribution in [2.24, 2.45) is 0 Å². The summed E-state index contributed by atoms with van der Waals surface area (Å²) in [6.07, 6.45) is 3.07. The molecule has 0 aliphatic heterocycles. The zero-order valence-electron chi connectivity index (χ0n) is 10.4. The molecule has 98 valence electrons. The summed E-state index contributed by atoms with van der Waals surface area (Å²) >= 11 is 3.42. The highest BCUT2D eigenvalue weighted by atomic mass is 79.9. The van der Waals surface area contributed by atoms with Crippen LogP contribution in [0.4, 0.5) is 5.69 Å². The number of fused-ring (bicyclic) bond motifs is 1. The first-order chi connectivity index (χ1) is 9.16. The van der Waals surface area contributed by atoms with E-state index in [1.807, 2.05) is 24.3 Å². The number of aliphatic hydroxyl groups is 1. The maximum absolute atomic E-state index is 10.6. The summed E-state index contributed by atoms with van der Waals surface area (Å²) in [7, 11) is 0. The average Bonchev–Trinajstić information content (AvgIpc) is 2.84. The second-order valence-electron chi connectivity index (χ2n) is 4.91. The lowest BCUT2D eigenvalue weighted by atomic mass is 9.92. The van der Waals surface area contributed by atoms with Gasteiger partial charge in [-0.15, -0.1) is 0 Å². The largest absolute Gasteiger partial charge is 0.398 e. The van der Waals surface area contributed by atoms with Gasteiger partial charge in [-0.2, -0.15) is 0 Å². The summed E-state index contributed by atoms with van der Waals surface area (Å²) in [4.78, 5) is 4.43. The SMILES string of the molecule is Nc1ccc(Br)cc1C(O)C1CCc2cccnc21. The lowest BCUT2D eigenvalue weighted by Gasteiger charge is -2.20. The van der Waals surface area contributed by atoms with Gasteiger partial charge in [0.15, 0.2) is 0 Å². The minimum atomic E-state index is -0.603. The molecule has 0 radical (unpaired) electrons. The zero-order chi connectivity index (χ0) is 13.4. The molecule has 1 aromatic carbocycles. The fourth-order valence-corrected chi connectivity index (χ4v) is 3.15. The van der Waals surface area contributed by atoms with Gasteiger partial charge in [0.25, 0.3) is 0 Å². The van der Waals surface area contributed by atoms with Crippen LogP contribution in [0.3, 0.4) is 0 Å². The Bertz CT molecular complexity index is 615. The van der Waals surface area contributed by atoms with Crippen LogP contribution in [0.2, 0.25) is 0 Å². The van der Waals surface area contributed by atoms with Crippen molar-refractivity contribution in [2.45, 2.75) is 24.9 Å². The van der Waals surface area contributed by atoms with Crippen LogP contribution < -0.4 is 5.73 Å². The normalized spacial score (nSPS) is 19.2. The molecule has 2 atom stereocenters. The molecule has 0 saturated heterocycles. The molecule has 0 spiro atoms.